The van der Waals surface area contributed by atoms with Crippen molar-refractivity contribution in [3.05, 3.63) is 29.8 Å². The lowest BCUT2D eigenvalue weighted by Crippen LogP contribution is -2.25. The summed E-state index contributed by atoms with van der Waals surface area (Å²) in [6.07, 6.45) is 2.81. The molecule has 1 aliphatic heterocycles. The van der Waals surface area contributed by atoms with Crippen molar-refractivity contribution in [1.29, 1.82) is 0 Å². The predicted molar refractivity (Wildman–Crippen MR) is 63.7 cm³/mol. The molecule has 1 aliphatic rings. The number of rotatable bonds is 5. The van der Waals surface area contributed by atoms with Crippen LogP contribution >= 0.6 is 0 Å². The summed E-state index contributed by atoms with van der Waals surface area (Å²) in [7, 11) is 1.69. The van der Waals surface area contributed by atoms with Gasteiger partial charge in [-0.25, -0.2) is 0 Å². The van der Waals surface area contributed by atoms with E-state index in [0.717, 1.165) is 25.4 Å². The Kier molecular flexibility index (Phi) is 4.19. The van der Waals surface area contributed by atoms with Crippen molar-refractivity contribution in [1.82, 2.24) is 5.32 Å². The van der Waals surface area contributed by atoms with Gasteiger partial charge in [0, 0.05) is 19.7 Å². The van der Waals surface area contributed by atoms with E-state index in [1.165, 1.54) is 18.4 Å². The number of hydrogen-bond donors (Lipinski definition) is 1. The van der Waals surface area contributed by atoms with E-state index in [4.69, 9.17) is 9.47 Å². The van der Waals surface area contributed by atoms with Crippen molar-refractivity contribution in [2.24, 2.45) is 0 Å². The van der Waals surface area contributed by atoms with E-state index in [1.807, 2.05) is 12.1 Å². The van der Waals surface area contributed by atoms with Crippen LogP contribution in [0.2, 0.25) is 0 Å². The predicted octanol–water partition coefficient (Wildman–Crippen LogP) is 1.96. The van der Waals surface area contributed by atoms with Crippen molar-refractivity contribution in [2.45, 2.75) is 25.5 Å². The van der Waals surface area contributed by atoms with Gasteiger partial charge in [0.25, 0.3) is 0 Å². The Morgan fingerprint density at radius 3 is 2.81 bits per heavy atom. The molecule has 0 bridgehead atoms. The smallest absolute Gasteiger partial charge is 0.118 e. The quantitative estimate of drug-likeness (QED) is 0.824. The summed E-state index contributed by atoms with van der Waals surface area (Å²) in [5.74, 6) is 0.905. The first-order valence-electron chi connectivity index (χ1n) is 5.84. The van der Waals surface area contributed by atoms with Crippen LogP contribution in [-0.2, 0) is 11.3 Å². The molecule has 1 heterocycles. The molecule has 0 radical (unpaired) electrons. The van der Waals surface area contributed by atoms with Gasteiger partial charge in [0.05, 0.1) is 13.2 Å². The maximum Gasteiger partial charge on any atom is 0.118 e. The van der Waals surface area contributed by atoms with E-state index in [1.54, 1.807) is 7.11 Å². The second-order valence-corrected chi connectivity index (χ2v) is 4.11. The van der Waals surface area contributed by atoms with E-state index in [-0.39, 0.29) is 0 Å². The zero-order valence-corrected chi connectivity index (χ0v) is 9.74. The third kappa shape index (κ3) is 3.22. The summed E-state index contributed by atoms with van der Waals surface area (Å²) in [5.41, 5.74) is 1.28. The maximum absolute atomic E-state index is 5.54. The average molecular weight is 221 g/mol. The van der Waals surface area contributed by atoms with Crippen LogP contribution in [0.5, 0.6) is 5.75 Å². The molecule has 1 fully saturated rings. The molecule has 0 saturated carbocycles. The molecule has 16 heavy (non-hydrogen) atoms. The molecule has 0 amide bonds. The maximum atomic E-state index is 5.54. The van der Waals surface area contributed by atoms with Crippen LogP contribution in [0.3, 0.4) is 0 Å². The second-order valence-electron chi connectivity index (χ2n) is 4.11. The molecule has 0 spiro atoms. The minimum atomic E-state index is 0.415. The van der Waals surface area contributed by atoms with Crippen molar-refractivity contribution in [2.75, 3.05) is 20.3 Å². The summed E-state index contributed by atoms with van der Waals surface area (Å²) >= 11 is 0. The number of ether oxygens (including phenoxy) is 2. The fourth-order valence-electron chi connectivity index (χ4n) is 1.93. The van der Waals surface area contributed by atoms with E-state index < -0.39 is 0 Å². The molecular formula is C13H19NO2. The highest BCUT2D eigenvalue weighted by Gasteiger charge is 2.14. The summed E-state index contributed by atoms with van der Waals surface area (Å²) in [6, 6.07) is 8.15. The normalized spacial score (nSPS) is 19.9. The van der Waals surface area contributed by atoms with E-state index in [9.17, 15) is 0 Å². The highest BCUT2D eigenvalue weighted by molar-refractivity contribution is 5.26. The van der Waals surface area contributed by atoms with Crippen LogP contribution in [0.25, 0.3) is 0 Å². The van der Waals surface area contributed by atoms with Gasteiger partial charge in [-0.3, -0.25) is 0 Å². The number of methoxy groups -OCH3 is 1. The molecule has 1 N–H and O–H groups in total. The summed E-state index contributed by atoms with van der Waals surface area (Å²) in [4.78, 5) is 0. The van der Waals surface area contributed by atoms with Crippen LogP contribution < -0.4 is 10.1 Å². The standard InChI is InChI=1S/C13H19NO2/c1-15-12-6-4-11(5-7-12)9-14-10-13-3-2-8-16-13/h4-7,13-14H,2-3,8-10H2,1H3. The molecule has 0 aliphatic carbocycles. The molecule has 0 aromatic heterocycles. The van der Waals surface area contributed by atoms with Gasteiger partial charge in [0.15, 0.2) is 0 Å². The largest absolute Gasteiger partial charge is 0.497 e. The molecular weight excluding hydrogens is 202 g/mol. The summed E-state index contributed by atoms with van der Waals surface area (Å²) < 4.78 is 10.7. The Balaban J connectivity index is 1.71. The van der Waals surface area contributed by atoms with Gasteiger partial charge in [-0.15, -0.1) is 0 Å². The molecule has 1 atom stereocenters. The van der Waals surface area contributed by atoms with Crippen LogP contribution in [0, 0.1) is 0 Å². The van der Waals surface area contributed by atoms with Crippen molar-refractivity contribution in [3.63, 3.8) is 0 Å². The van der Waals surface area contributed by atoms with E-state index >= 15 is 0 Å². The molecule has 1 unspecified atom stereocenters. The Hall–Kier alpha value is -1.06. The first kappa shape index (κ1) is 11.4. The summed E-state index contributed by atoms with van der Waals surface area (Å²) in [6.45, 7) is 2.77. The van der Waals surface area contributed by atoms with E-state index in [0.29, 0.717) is 6.10 Å². The highest BCUT2D eigenvalue weighted by Crippen LogP contribution is 2.12. The van der Waals surface area contributed by atoms with Crippen LogP contribution in [0.15, 0.2) is 24.3 Å². The van der Waals surface area contributed by atoms with E-state index in [2.05, 4.69) is 17.4 Å². The molecule has 1 saturated heterocycles. The van der Waals surface area contributed by atoms with Crippen LogP contribution in [0.4, 0.5) is 0 Å². The highest BCUT2D eigenvalue weighted by atomic mass is 16.5. The molecule has 88 valence electrons. The van der Waals surface area contributed by atoms with Crippen LogP contribution in [-0.4, -0.2) is 26.4 Å². The van der Waals surface area contributed by atoms with Crippen molar-refractivity contribution >= 4 is 0 Å². The lowest BCUT2D eigenvalue weighted by molar-refractivity contribution is 0.110. The van der Waals surface area contributed by atoms with Gasteiger partial charge in [0.2, 0.25) is 0 Å². The number of hydrogen-bond acceptors (Lipinski definition) is 3. The zero-order chi connectivity index (χ0) is 11.2. The number of benzene rings is 1. The topological polar surface area (TPSA) is 30.5 Å². The van der Waals surface area contributed by atoms with Crippen molar-refractivity contribution < 1.29 is 9.47 Å². The van der Waals surface area contributed by atoms with Gasteiger partial charge in [0.1, 0.15) is 5.75 Å². The van der Waals surface area contributed by atoms with Gasteiger partial charge in [-0.05, 0) is 30.5 Å². The first-order valence-corrected chi connectivity index (χ1v) is 5.84. The van der Waals surface area contributed by atoms with Crippen LogP contribution in [0.1, 0.15) is 18.4 Å². The fraction of sp³-hybridized carbons (Fsp3) is 0.538. The monoisotopic (exact) mass is 221 g/mol. The molecule has 2 rings (SSSR count). The van der Waals surface area contributed by atoms with Crippen molar-refractivity contribution in [3.8, 4) is 5.75 Å². The third-order valence-electron chi connectivity index (χ3n) is 2.88. The zero-order valence-electron chi connectivity index (χ0n) is 9.74. The van der Waals surface area contributed by atoms with Gasteiger partial charge in [-0.1, -0.05) is 12.1 Å². The fourth-order valence-corrected chi connectivity index (χ4v) is 1.93. The minimum Gasteiger partial charge on any atom is -0.497 e. The van der Waals surface area contributed by atoms with Gasteiger partial charge in [-0.2, -0.15) is 0 Å². The first-order chi connectivity index (χ1) is 7.88. The minimum absolute atomic E-state index is 0.415. The molecule has 3 heteroatoms. The second kappa shape index (κ2) is 5.87. The molecule has 3 nitrogen and oxygen atoms in total. The Bertz CT molecular complexity index is 304. The lowest BCUT2D eigenvalue weighted by Gasteiger charge is -2.10. The van der Waals surface area contributed by atoms with Gasteiger partial charge < -0.3 is 14.8 Å². The lowest BCUT2D eigenvalue weighted by atomic mass is 10.2. The molecule has 1 aromatic carbocycles. The SMILES string of the molecule is COc1ccc(CNCC2CCCO2)cc1. The number of nitrogens with one attached hydrogen (secondary N) is 1. The summed E-state index contributed by atoms with van der Waals surface area (Å²) in [5, 5.41) is 3.42. The van der Waals surface area contributed by atoms with Gasteiger partial charge >= 0.3 is 0 Å². The third-order valence-corrected chi connectivity index (χ3v) is 2.88. The Morgan fingerprint density at radius 2 is 2.19 bits per heavy atom. The Labute approximate surface area is 96.8 Å². The molecule has 1 aromatic rings. The Morgan fingerprint density at radius 1 is 1.38 bits per heavy atom. The average Bonchev–Trinajstić information content (AvgIpc) is 2.83.